The van der Waals surface area contributed by atoms with Crippen LogP contribution in [-0.2, 0) is 11.3 Å². The number of aryl methyl sites for hydroxylation is 1. The maximum absolute atomic E-state index is 5.96. The van der Waals surface area contributed by atoms with Crippen molar-refractivity contribution < 1.29 is 4.74 Å². The van der Waals surface area contributed by atoms with E-state index in [1.54, 1.807) is 7.11 Å². The summed E-state index contributed by atoms with van der Waals surface area (Å²) in [6, 6.07) is 6.60. The molecule has 1 N–H and O–H groups in total. The van der Waals surface area contributed by atoms with Crippen LogP contribution in [0.1, 0.15) is 31.4 Å². The van der Waals surface area contributed by atoms with Gasteiger partial charge in [-0.2, -0.15) is 0 Å². The average molecular weight is 268 g/mol. The molecular weight excluding hydrogens is 246 g/mol. The highest BCUT2D eigenvalue weighted by molar-refractivity contribution is 6.30. The van der Waals surface area contributed by atoms with Crippen LogP contribution in [0.25, 0.3) is 0 Å². The van der Waals surface area contributed by atoms with Gasteiger partial charge in [0.25, 0.3) is 0 Å². The van der Waals surface area contributed by atoms with Crippen molar-refractivity contribution in [3.8, 4) is 0 Å². The maximum Gasteiger partial charge on any atom is 0.0652 e. The van der Waals surface area contributed by atoms with Gasteiger partial charge in [-0.3, -0.25) is 0 Å². The molecule has 0 aliphatic heterocycles. The van der Waals surface area contributed by atoms with Crippen LogP contribution in [0.15, 0.2) is 18.2 Å². The first-order valence-electron chi connectivity index (χ1n) is 6.46. The van der Waals surface area contributed by atoms with Crippen molar-refractivity contribution in [3.05, 3.63) is 34.3 Å². The Bertz CT molecular complexity index is 431. The second-order valence-electron chi connectivity index (χ2n) is 5.79. The van der Waals surface area contributed by atoms with Crippen molar-refractivity contribution in [2.45, 2.75) is 45.9 Å². The predicted octanol–water partition coefficient (Wildman–Crippen LogP) is 3.55. The molecule has 2 atom stereocenters. The molecule has 2 nitrogen and oxygen atoms in total. The van der Waals surface area contributed by atoms with Crippen molar-refractivity contribution in [1.82, 2.24) is 5.32 Å². The number of hydrogen-bond donors (Lipinski definition) is 1. The highest BCUT2D eigenvalue weighted by atomic mass is 35.5. The van der Waals surface area contributed by atoms with Crippen LogP contribution in [0.4, 0.5) is 0 Å². The Hall–Kier alpha value is -0.570. The Morgan fingerprint density at radius 1 is 1.44 bits per heavy atom. The molecule has 0 bridgehead atoms. The molecule has 1 aliphatic carbocycles. The third-order valence-electron chi connectivity index (χ3n) is 4.31. The lowest BCUT2D eigenvalue weighted by atomic mass is 9.64. The Labute approximate surface area is 115 Å². The van der Waals surface area contributed by atoms with E-state index in [1.807, 2.05) is 12.1 Å². The predicted molar refractivity (Wildman–Crippen MR) is 76.0 cm³/mol. The highest BCUT2D eigenvalue weighted by Gasteiger charge is 2.48. The summed E-state index contributed by atoms with van der Waals surface area (Å²) in [7, 11) is 1.80. The van der Waals surface area contributed by atoms with Gasteiger partial charge in [-0.15, -0.1) is 0 Å². The molecule has 0 heterocycles. The van der Waals surface area contributed by atoms with Crippen molar-refractivity contribution in [3.63, 3.8) is 0 Å². The lowest BCUT2D eigenvalue weighted by Crippen LogP contribution is -2.60. The zero-order valence-corrected chi connectivity index (χ0v) is 12.3. The van der Waals surface area contributed by atoms with Gasteiger partial charge >= 0.3 is 0 Å². The molecule has 1 aliphatic rings. The van der Waals surface area contributed by atoms with E-state index in [1.165, 1.54) is 11.1 Å². The topological polar surface area (TPSA) is 21.3 Å². The summed E-state index contributed by atoms with van der Waals surface area (Å²) in [5, 5.41) is 4.43. The van der Waals surface area contributed by atoms with Gasteiger partial charge in [0.2, 0.25) is 0 Å². The van der Waals surface area contributed by atoms with Gasteiger partial charge in [0.15, 0.2) is 0 Å². The Morgan fingerprint density at radius 3 is 2.72 bits per heavy atom. The van der Waals surface area contributed by atoms with E-state index in [2.05, 4.69) is 32.2 Å². The third kappa shape index (κ3) is 2.56. The van der Waals surface area contributed by atoms with E-state index in [-0.39, 0.29) is 5.41 Å². The number of benzene rings is 1. The molecule has 0 aromatic heterocycles. The lowest BCUT2D eigenvalue weighted by Gasteiger charge is -2.51. The number of ether oxygens (including phenoxy) is 1. The zero-order chi connectivity index (χ0) is 13.3. The molecule has 1 aromatic rings. The number of methoxy groups -OCH3 is 1. The van der Waals surface area contributed by atoms with Crippen molar-refractivity contribution in [2.75, 3.05) is 7.11 Å². The van der Waals surface area contributed by atoms with Crippen LogP contribution in [0.2, 0.25) is 5.02 Å². The average Bonchev–Trinajstić information content (AvgIpc) is 2.30. The first-order valence-corrected chi connectivity index (χ1v) is 6.84. The minimum atomic E-state index is 0.217. The van der Waals surface area contributed by atoms with Crippen molar-refractivity contribution in [1.29, 1.82) is 0 Å². The molecule has 1 fully saturated rings. The van der Waals surface area contributed by atoms with Crippen LogP contribution >= 0.6 is 11.6 Å². The molecule has 0 radical (unpaired) electrons. The van der Waals surface area contributed by atoms with Gasteiger partial charge in [0, 0.05) is 30.1 Å². The second kappa shape index (κ2) is 5.20. The van der Waals surface area contributed by atoms with Crippen molar-refractivity contribution >= 4 is 11.6 Å². The quantitative estimate of drug-likeness (QED) is 0.901. The highest BCUT2D eigenvalue weighted by Crippen LogP contribution is 2.42. The summed E-state index contributed by atoms with van der Waals surface area (Å²) >= 11 is 5.96. The monoisotopic (exact) mass is 267 g/mol. The molecule has 0 spiro atoms. The molecule has 2 unspecified atom stereocenters. The fourth-order valence-electron chi connectivity index (χ4n) is 2.72. The molecule has 1 saturated carbocycles. The first kappa shape index (κ1) is 13.9. The largest absolute Gasteiger partial charge is 0.381 e. The Morgan fingerprint density at radius 2 is 2.17 bits per heavy atom. The SMILES string of the molecule is COC1CC(NCc2ccc(Cl)cc2C)C1(C)C. The molecule has 100 valence electrons. The van der Waals surface area contributed by atoms with Crippen molar-refractivity contribution in [2.24, 2.45) is 5.41 Å². The van der Waals surface area contributed by atoms with Gasteiger partial charge in [-0.25, -0.2) is 0 Å². The van der Waals surface area contributed by atoms with Crippen LogP contribution in [-0.4, -0.2) is 19.3 Å². The first-order chi connectivity index (χ1) is 8.45. The standard InChI is InChI=1S/C15H22ClNO/c1-10-7-12(16)6-5-11(10)9-17-13-8-14(18-4)15(13,2)3/h5-7,13-14,17H,8-9H2,1-4H3. The van der Waals surface area contributed by atoms with E-state index in [4.69, 9.17) is 16.3 Å². The molecule has 0 saturated heterocycles. The molecule has 3 heteroatoms. The number of rotatable bonds is 4. The van der Waals surface area contributed by atoms with Crippen LogP contribution in [0.3, 0.4) is 0 Å². The third-order valence-corrected chi connectivity index (χ3v) is 4.54. The maximum atomic E-state index is 5.96. The molecule has 1 aromatic carbocycles. The molecule has 0 amide bonds. The molecule has 18 heavy (non-hydrogen) atoms. The van der Waals surface area contributed by atoms with Crippen LogP contribution < -0.4 is 5.32 Å². The normalized spacial score (nSPS) is 25.8. The fourth-order valence-corrected chi connectivity index (χ4v) is 2.95. The second-order valence-corrected chi connectivity index (χ2v) is 6.22. The summed E-state index contributed by atoms with van der Waals surface area (Å²) in [5.74, 6) is 0. The van der Waals surface area contributed by atoms with E-state index < -0.39 is 0 Å². The van der Waals surface area contributed by atoms with Gasteiger partial charge in [-0.1, -0.05) is 31.5 Å². The van der Waals surface area contributed by atoms with Gasteiger partial charge < -0.3 is 10.1 Å². The number of halogens is 1. The van der Waals surface area contributed by atoms with Gasteiger partial charge in [0.1, 0.15) is 0 Å². The van der Waals surface area contributed by atoms with E-state index in [0.29, 0.717) is 12.1 Å². The zero-order valence-electron chi connectivity index (χ0n) is 11.6. The van der Waals surface area contributed by atoms with Gasteiger partial charge in [-0.05, 0) is 36.6 Å². The summed E-state index contributed by atoms with van der Waals surface area (Å²) < 4.78 is 5.47. The van der Waals surface area contributed by atoms with E-state index in [0.717, 1.165) is 18.0 Å². The molecular formula is C15H22ClNO. The molecule has 2 rings (SSSR count). The summed E-state index contributed by atoms with van der Waals surface area (Å²) in [4.78, 5) is 0. The van der Waals surface area contributed by atoms with Gasteiger partial charge in [0.05, 0.1) is 6.10 Å². The Balaban J connectivity index is 1.93. The summed E-state index contributed by atoms with van der Waals surface area (Å²) in [6.45, 7) is 7.52. The smallest absolute Gasteiger partial charge is 0.0652 e. The summed E-state index contributed by atoms with van der Waals surface area (Å²) in [5.41, 5.74) is 2.78. The summed E-state index contributed by atoms with van der Waals surface area (Å²) in [6.07, 6.45) is 1.47. The van der Waals surface area contributed by atoms with E-state index >= 15 is 0 Å². The van der Waals surface area contributed by atoms with E-state index in [9.17, 15) is 0 Å². The minimum Gasteiger partial charge on any atom is -0.381 e. The Kier molecular flexibility index (Phi) is 4.00. The number of hydrogen-bond acceptors (Lipinski definition) is 2. The minimum absolute atomic E-state index is 0.217. The number of nitrogens with one attached hydrogen (secondary N) is 1. The van der Waals surface area contributed by atoms with Crippen LogP contribution in [0.5, 0.6) is 0 Å². The van der Waals surface area contributed by atoms with Crippen LogP contribution in [0, 0.1) is 12.3 Å². The fraction of sp³-hybridized carbons (Fsp3) is 0.600. The lowest BCUT2D eigenvalue weighted by molar-refractivity contribution is -0.0979.